The van der Waals surface area contributed by atoms with E-state index in [1.165, 1.54) is 0 Å². The summed E-state index contributed by atoms with van der Waals surface area (Å²) in [5.41, 5.74) is 12.2. The van der Waals surface area contributed by atoms with Gasteiger partial charge < -0.3 is 30.5 Å². The molecule has 0 bridgehead atoms. The van der Waals surface area contributed by atoms with Gasteiger partial charge in [-0.15, -0.1) is 0 Å². The number of nitrogens with one attached hydrogen (secondary N) is 1. The summed E-state index contributed by atoms with van der Waals surface area (Å²) in [5, 5.41) is 16.0. The summed E-state index contributed by atoms with van der Waals surface area (Å²) >= 11 is 0. The first kappa shape index (κ1) is 31.7. The lowest BCUT2D eigenvalue weighted by Gasteiger charge is -2.54. The summed E-state index contributed by atoms with van der Waals surface area (Å²) in [6, 6.07) is 28.6. The molecule has 0 saturated carbocycles. The van der Waals surface area contributed by atoms with Crippen molar-refractivity contribution in [3.63, 3.8) is 0 Å². The van der Waals surface area contributed by atoms with Crippen molar-refractivity contribution in [3.05, 3.63) is 126 Å². The molecule has 2 atom stereocenters. The molecular formula is C37H38N8O4. The second kappa shape index (κ2) is 13.3. The number of fused-ring (bicyclic) bond motifs is 2. The van der Waals surface area contributed by atoms with Gasteiger partial charge in [0.25, 0.3) is 0 Å². The number of aromatic hydroxyl groups is 1. The van der Waals surface area contributed by atoms with E-state index < -0.39 is 12.2 Å². The monoisotopic (exact) mass is 658 g/mol. The van der Waals surface area contributed by atoms with Gasteiger partial charge >= 0.3 is 6.03 Å². The zero-order valence-corrected chi connectivity index (χ0v) is 27.1. The number of carbonyl (C=O) groups is 3. The molecule has 5 aromatic rings. The Bertz CT molecular complexity index is 2000. The van der Waals surface area contributed by atoms with Crippen LogP contribution in [0.5, 0.6) is 5.75 Å². The van der Waals surface area contributed by atoms with E-state index in [0.29, 0.717) is 18.8 Å². The number of imidazole rings is 1. The predicted molar refractivity (Wildman–Crippen MR) is 184 cm³/mol. The van der Waals surface area contributed by atoms with Crippen molar-refractivity contribution >= 4 is 34.6 Å². The largest absolute Gasteiger partial charge is 0.508 e. The first-order valence-corrected chi connectivity index (χ1v) is 16.2. The molecule has 2 aliphatic heterocycles. The number of amides is 4. The Labute approximate surface area is 283 Å². The van der Waals surface area contributed by atoms with Crippen LogP contribution < -0.4 is 11.1 Å². The van der Waals surface area contributed by atoms with Crippen LogP contribution in [0.1, 0.15) is 22.3 Å². The van der Waals surface area contributed by atoms with Gasteiger partial charge in [-0.2, -0.15) is 0 Å². The third kappa shape index (κ3) is 6.50. The van der Waals surface area contributed by atoms with Crippen molar-refractivity contribution in [2.75, 3.05) is 25.9 Å². The van der Waals surface area contributed by atoms with Crippen LogP contribution in [0.4, 0.5) is 10.5 Å². The standard InChI is InChI=1S/C37H38N8O4/c1-41-23-35(47)44-33(17-25-11-14-29(46)15-12-25)36(48)42(22-34(44)45(41)37(49)39-19-26-7-3-2-4-8-26)20-27-13-16-31-32(18-27)43(24-40-31)21-28-9-5-6-10-30(28)38/h2-16,18,24,33-34,46H,17,19-23,38H2,1H3,(H,39,49)/t33-,34-/m0/s1. The number of urea groups is 1. The molecule has 12 heteroatoms. The lowest BCUT2D eigenvalue weighted by Crippen LogP contribution is -2.76. The quantitative estimate of drug-likeness (QED) is 0.217. The Balaban J connectivity index is 1.20. The Morgan fingerprint density at radius 1 is 0.918 bits per heavy atom. The number of phenolic OH excluding ortho intramolecular Hbond substituents is 1. The van der Waals surface area contributed by atoms with E-state index in [2.05, 4.69) is 10.3 Å². The average Bonchev–Trinajstić information content (AvgIpc) is 3.49. The van der Waals surface area contributed by atoms with Crippen LogP contribution in [0.25, 0.3) is 11.0 Å². The maximum Gasteiger partial charge on any atom is 0.334 e. The van der Waals surface area contributed by atoms with Gasteiger partial charge in [-0.1, -0.05) is 66.7 Å². The number of piperazine rings is 1. The number of rotatable bonds is 8. The van der Waals surface area contributed by atoms with E-state index in [1.807, 2.05) is 77.4 Å². The number of nitrogens with zero attached hydrogens (tertiary/aromatic N) is 6. The zero-order chi connectivity index (χ0) is 34.1. The number of aromatic nitrogens is 2. The number of phenols is 1. The van der Waals surface area contributed by atoms with Gasteiger partial charge in [-0.05, 0) is 52.6 Å². The highest BCUT2D eigenvalue weighted by molar-refractivity contribution is 5.92. The van der Waals surface area contributed by atoms with Crippen LogP contribution in [0.3, 0.4) is 0 Å². The van der Waals surface area contributed by atoms with Crippen LogP contribution in [0.15, 0.2) is 103 Å². The van der Waals surface area contributed by atoms with Gasteiger partial charge in [0.1, 0.15) is 18.0 Å². The van der Waals surface area contributed by atoms with Crippen LogP contribution in [-0.4, -0.2) is 84.7 Å². The third-order valence-corrected chi connectivity index (χ3v) is 9.25. The highest BCUT2D eigenvalue weighted by Gasteiger charge is 2.50. The van der Waals surface area contributed by atoms with Crippen molar-refractivity contribution < 1.29 is 19.5 Å². The van der Waals surface area contributed by atoms with Gasteiger partial charge in [0, 0.05) is 32.2 Å². The van der Waals surface area contributed by atoms with Gasteiger partial charge in [-0.3, -0.25) is 9.59 Å². The van der Waals surface area contributed by atoms with E-state index in [-0.39, 0.29) is 49.7 Å². The minimum Gasteiger partial charge on any atom is -0.508 e. The molecule has 4 aromatic carbocycles. The number of hydrogen-bond acceptors (Lipinski definition) is 7. The molecule has 7 rings (SSSR count). The molecule has 2 saturated heterocycles. The highest BCUT2D eigenvalue weighted by Crippen LogP contribution is 2.30. The number of nitrogen functional groups attached to an aromatic ring is 1. The second-order valence-corrected chi connectivity index (χ2v) is 12.6. The Morgan fingerprint density at radius 3 is 2.43 bits per heavy atom. The van der Waals surface area contributed by atoms with E-state index in [1.54, 1.807) is 57.5 Å². The molecule has 49 heavy (non-hydrogen) atoms. The summed E-state index contributed by atoms with van der Waals surface area (Å²) in [5.74, 6) is -0.334. The molecule has 4 amide bonds. The number of likely N-dealkylation sites (N-methyl/N-ethyl adjacent to an activating group) is 1. The summed E-state index contributed by atoms with van der Waals surface area (Å²) in [6.07, 6.45) is 1.27. The SMILES string of the molecule is CN1CC(=O)N2[C@@H](Cc3ccc(O)cc3)C(=O)N(Cc3ccc4ncn(Cc5ccccc5N)c4c3)C[C@@H]2N1C(=O)NCc1ccccc1. The van der Waals surface area contributed by atoms with Crippen LogP contribution in [0.2, 0.25) is 0 Å². The van der Waals surface area contributed by atoms with Crippen molar-refractivity contribution in [1.82, 2.24) is 34.7 Å². The normalized spacial score (nSPS) is 18.2. The number of nitrogens with two attached hydrogens (primary N) is 1. The number of hydrazine groups is 1. The highest BCUT2D eigenvalue weighted by atomic mass is 16.3. The third-order valence-electron chi connectivity index (χ3n) is 9.25. The molecule has 2 aliphatic rings. The van der Waals surface area contributed by atoms with Gasteiger partial charge in [0.2, 0.25) is 11.8 Å². The maximum atomic E-state index is 14.3. The molecule has 0 radical (unpaired) electrons. The first-order valence-electron chi connectivity index (χ1n) is 16.2. The Hall–Kier alpha value is -5.88. The first-order chi connectivity index (χ1) is 23.7. The van der Waals surface area contributed by atoms with Crippen molar-refractivity contribution in [2.24, 2.45) is 0 Å². The van der Waals surface area contributed by atoms with Gasteiger partial charge in [0.15, 0.2) is 0 Å². The number of hydrogen-bond donors (Lipinski definition) is 3. The van der Waals surface area contributed by atoms with E-state index >= 15 is 0 Å². The number of para-hydroxylation sites is 1. The van der Waals surface area contributed by atoms with Gasteiger partial charge in [0.05, 0.1) is 37.0 Å². The molecule has 2 fully saturated rings. The van der Waals surface area contributed by atoms with Crippen LogP contribution in [-0.2, 0) is 35.6 Å². The Kier molecular flexibility index (Phi) is 8.62. The van der Waals surface area contributed by atoms with Crippen molar-refractivity contribution in [3.8, 4) is 5.75 Å². The van der Waals surface area contributed by atoms with Crippen molar-refractivity contribution in [2.45, 2.75) is 38.3 Å². The molecule has 0 unspecified atom stereocenters. The minimum atomic E-state index is -0.857. The Morgan fingerprint density at radius 2 is 1.65 bits per heavy atom. The molecule has 1 aromatic heterocycles. The van der Waals surface area contributed by atoms with Crippen molar-refractivity contribution in [1.29, 1.82) is 0 Å². The molecular weight excluding hydrogens is 620 g/mol. The summed E-state index contributed by atoms with van der Waals surface area (Å²) in [4.78, 5) is 49.7. The summed E-state index contributed by atoms with van der Waals surface area (Å²) < 4.78 is 2.03. The topological polar surface area (TPSA) is 140 Å². The fraction of sp³-hybridized carbons (Fsp3) is 0.243. The lowest BCUT2D eigenvalue weighted by molar-refractivity contribution is -0.187. The molecule has 3 heterocycles. The van der Waals surface area contributed by atoms with Crippen LogP contribution >= 0.6 is 0 Å². The lowest BCUT2D eigenvalue weighted by atomic mass is 9.98. The van der Waals surface area contributed by atoms with E-state index in [0.717, 1.165) is 33.3 Å². The second-order valence-electron chi connectivity index (χ2n) is 12.6. The number of benzene rings is 4. The summed E-state index contributed by atoms with van der Waals surface area (Å²) in [7, 11) is 1.71. The smallest absolute Gasteiger partial charge is 0.334 e. The zero-order valence-electron chi connectivity index (χ0n) is 27.1. The van der Waals surface area contributed by atoms with E-state index in [9.17, 15) is 19.5 Å². The van der Waals surface area contributed by atoms with Gasteiger partial charge in [-0.25, -0.2) is 19.8 Å². The predicted octanol–water partition coefficient (Wildman–Crippen LogP) is 3.55. The molecule has 250 valence electrons. The number of carbonyl (C=O) groups excluding carboxylic acids is 3. The minimum absolute atomic E-state index is 0.0544. The maximum absolute atomic E-state index is 14.3. The average molecular weight is 659 g/mol. The fourth-order valence-corrected chi connectivity index (χ4v) is 6.77. The summed E-state index contributed by atoms with van der Waals surface area (Å²) in [6.45, 7) is 1.19. The molecule has 12 nitrogen and oxygen atoms in total. The molecule has 0 spiro atoms. The van der Waals surface area contributed by atoms with E-state index in [4.69, 9.17) is 5.73 Å². The van der Waals surface area contributed by atoms with Crippen LogP contribution in [0, 0.1) is 0 Å². The number of anilines is 1. The fourth-order valence-electron chi connectivity index (χ4n) is 6.77. The molecule has 0 aliphatic carbocycles. The molecule has 4 N–H and O–H groups in total.